The molecule has 0 bridgehead atoms. The number of rotatable bonds is 5. The molecule has 1 aliphatic heterocycles. The molecule has 0 spiro atoms. The number of aromatic nitrogens is 2. The topological polar surface area (TPSA) is 143 Å². The lowest BCUT2D eigenvalue weighted by atomic mass is 9.96. The molecular formula is C18H20N2O9. The van der Waals surface area contributed by atoms with Crippen LogP contribution in [0, 0.1) is 19.3 Å². The highest BCUT2D eigenvalue weighted by molar-refractivity contribution is 5.68. The normalized spacial score (nSPS) is 25.7. The van der Waals surface area contributed by atoms with E-state index in [1.165, 1.54) is 13.1 Å². The van der Waals surface area contributed by atoms with E-state index in [0.717, 1.165) is 25.3 Å². The van der Waals surface area contributed by atoms with Gasteiger partial charge in [0.1, 0.15) is 6.61 Å². The zero-order chi connectivity index (χ0) is 21.9. The third-order valence-electron chi connectivity index (χ3n) is 4.12. The molecule has 1 aromatic rings. The van der Waals surface area contributed by atoms with E-state index in [0.29, 0.717) is 0 Å². The van der Waals surface area contributed by atoms with Gasteiger partial charge in [0.15, 0.2) is 18.4 Å². The Morgan fingerprint density at radius 3 is 2.34 bits per heavy atom. The molecule has 11 nitrogen and oxygen atoms in total. The molecule has 1 aliphatic rings. The molecule has 2 rings (SSSR count). The number of ether oxygens (including phenoxy) is 4. The monoisotopic (exact) mass is 408 g/mol. The molecule has 1 fully saturated rings. The molecular weight excluding hydrogens is 388 g/mol. The summed E-state index contributed by atoms with van der Waals surface area (Å²) >= 11 is 0. The van der Waals surface area contributed by atoms with E-state index in [4.69, 9.17) is 25.4 Å². The molecule has 1 unspecified atom stereocenters. The number of H-pyrrole nitrogens is 1. The molecule has 0 amide bonds. The van der Waals surface area contributed by atoms with Gasteiger partial charge >= 0.3 is 23.6 Å². The Morgan fingerprint density at radius 1 is 1.21 bits per heavy atom. The highest BCUT2D eigenvalue weighted by Gasteiger charge is 2.60. The first-order valence-electron chi connectivity index (χ1n) is 8.46. The predicted octanol–water partition coefficient (Wildman–Crippen LogP) is -0.828. The summed E-state index contributed by atoms with van der Waals surface area (Å²) in [6, 6.07) is 0. The number of carbonyl (C=O) groups excluding carboxylic acids is 3. The van der Waals surface area contributed by atoms with E-state index < -0.39 is 59.8 Å². The van der Waals surface area contributed by atoms with Crippen molar-refractivity contribution in [2.45, 2.75) is 51.7 Å². The summed E-state index contributed by atoms with van der Waals surface area (Å²) in [5, 5.41) is 0. The van der Waals surface area contributed by atoms with Crippen molar-refractivity contribution in [1.29, 1.82) is 0 Å². The van der Waals surface area contributed by atoms with Crippen molar-refractivity contribution < 1.29 is 33.3 Å². The number of hydrogen-bond donors (Lipinski definition) is 1. The van der Waals surface area contributed by atoms with Gasteiger partial charge in [-0.2, -0.15) is 0 Å². The minimum Gasteiger partial charge on any atom is -0.462 e. The zero-order valence-corrected chi connectivity index (χ0v) is 16.2. The van der Waals surface area contributed by atoms with Crippen LogP contribution in [0.5, 0.6) is 0 Å². The lowest BCUT2D eigenvalue weighted by Gasteiger charge is -2.28. The zero-order valence-electron chi connectivity index (χ0n) is 16.2. The first kappa shape index (κ1) is 21.9. The van der Waals surface area contributed by atoms with Crippen molar-refractivity contribution in [3.05, 3.63) is 32.6 Å². The number of carbonyl (C=O) groups is 3. The third kappa shape index (κ3) is 4.55. The Hall–Kier alpha value is -3.39. The molecule has 156 valence electrons. The van der Waals surface area contributed by atoms with Crippen LogP contribution < -0.4 is 11.2 Å². The molecule has 0 radical (unpaired) electrons. The Bertz CT molecular complexity index is 986. The van der Waals surface area contributed by atoms with E-state index in [1.54, 1.807) is 0 Å². The summed E-state index contributed by atoms with van der Waals surface area (Å²) in [6.45, 7) is 4.24. The van der Waals surface area contributed by atoms with Gasteiger partial charge in [-0.25, -0.2) is 4.79 Å². The highest BCUT2D eigenvalue weighted by atomic mass is 16.7. The molecule has 29 heavy (non-hydrogen) atoms. The van der Waals surface area contributed by atoms with Gasteiger partial charge in [0.2, 0.25) is 5.60 Å². The van der Waals surface area contributed by atoms with Gasteiger partial charge in [-0.15, -0.1) is 6.42 Å². The van der Waals surface area contributed by atoms with Gasteiger partial charge in [0, 0.05) is 32.5 Å². The SMILES string of the molecule is C#C[C@]1(COC(C)=O)OC(n2cc(C)c(=O)[nH]c2=O)[C@@H](OC(C)=O)[C@@H]1OC(C)=O. The van der Waals surface area contributed by atoms with Crippen LogP contribution in [0.25, 0.3) is 0 Å². The van der Waals surface area contributed by atoms with Crippen LogP contribution in [0.15, 0.2) is 15.8 Å². The Balaban J connectivity index is 2.64. The fraction of sp³-hybridized carbons (Fsp3) is 0.500. The van der Waals surface area contributed by atoms with Crippen molar-refractivity contribution in [3.8, 4) is 12.3 Å². The van der Waals surface area contributed by atoms with Gasteiger partial charge in [-0.3, -0.25) is 28.7 Å². The van der Waals surface area contributed by atoms with Crippen LogP contribution in [0.3, 0.4) is 0 Å². The molecule has 2 heterocycles. The number of nitrogens with one attached hydrogen (secondary N) is 1. The Kier molecular flexibility index (Phi) is 6.28. The van der Waals surface area contributed by atoms with Crippen molar-refractivity contribution in [2.24, 2.45) is 0 Å². The van der Waals surface area contributed by atoms with Gasteiger partial charge < -0.3 is 18.9 Å². The van der Waals surface area contributed by atoms with Gasteiger partial charge in [0.25, 0.3) is 5.56 Å². The van der Waals surface area contributed by atoms with Crippen LogP contribution in [0.4, 0.5) is 0 Å². The predicted molar refractivity (Wildman–Crippen MR) is 95.5 cm³/mol. The summed E-state index contributed by atoms with van der Waals surface area (Å²) in [7, 11) is 0. The third-order valence-corrected chi connectivity index (χ3v) is 4.12. The standard InChI is InChI=1S/C18H20N2O9/c1-6-18(8-26-10(3)21)14(28-12(5)23)13(27-11(4)22)16(29-18)20-7-9(2)15(24)19-17(20)25/h1,7,13-14,16H,8H2,2-5H3,(H,19,24,25)/t13-,14-,16?,18+/m0/s1. The Morgan fingerprint density at radius 2 is 1.83 bits per heavy atom. The van der Waals surface area contributed by atoms with Crippen LogP contribution in [-0.4, -0.2) is 51.9 Å². The van der Waals surface area contributed by atoms with Gasteiger partial charge in [-0.1, -0.05) is 5.92 Å². The minimum atomic E-state index is -1.86. The molecule has 11 heteroatoms. The van der Waals surface area contributed by atoms with Crippen molar-refractivity contribution in [2.75, 3.05) is 6.61 Å². The maximum Gasteiger partial charge on any atom is 0.330 e. The van der Waals surface area contributed by atoms with E-state index in [-0.39, 0.29) is 5.56 Å². The minimum absolute atomic E-state index is 0.164. The second-order valence-electron chi connectivity index (χ2n) is 6.41. The van der Waals surface area contributed by atoms with E-state index in [2.05, 4.69) is 10.9 Å². The quantitative estimate of drug-likeness (QED) is 0.375. The molecule has 1 saturated heterocycles. The van der Waals surface area contributed by atoms with Crippen molar-refractivity contribution >= 4 is 17.9 Å². The first-order chi connectivity index (χ1) is 13.5. The second-order valence-corrected chi connectivity index (χ2v) is 6.41. The highest BCUT2D eigenvalue weighted by Crippen LogP contribution is 2.40. The number of aryl methyl sites for hydroxylation is 1. The molecule has 1 aromatic heterocycles. The smallest absolute Gasteiger partial charge is 0.330 e. The molecule has 0 aromatic carbocycles. The number of nitrogens with zero attached hydrogens (tertiary/aromatic N) is 1. The first-order valence-corrected chi connectivity index (χ1v) is 8.46. The summed E-state index contributed by atoms with van der Waals surface area (Å²) in [5.41, 5.74) is -3.18. The van der Waals surface area contributed by atoms with E-state index in [1.807, 2.05) is 0 Å². The fourth-order valence-electron chi connectivity index (χ4n) is 2.89. The average Bonchev–Trinajstić information content (AvgIpc) is 2.89. The van der Waals surface area contributed by atoms with Crippen LogP contribution in [-0.2, 0) is 33.3 Å². The second kappa shape index (κ2) is 8.32. The Labute approximate surface area is 164 Å². The summed E-state index contributed by atoms with van der Waals surface area (Å²) in [5.74, 6) is 0.0531. The number of hydrogen-bond acceptors (Lipinski definition) is 9. The van der Waals surface area contributed by atoms with Crippen LogP contribution >= 0.6 is 0 Å². The van der Waals surface area contributed by atoms with E-state index >= 15 is 0 Å². The maximum atomic E-state index is 12.3. The van der Waals surface area contributed by atoms with Gasteiger partial charge in [-0.05, 0) is 6.92 Å². The summed E-state index contributed by atoms with van der Waals surface area (Å²) < 4.78 is 22.2. The molecule has 0 aliphatic carbocycles. The molecule has 4 atom stereocenters. The number of aromatic amines is 1. The number of terminal acetylenes is 1. The lowest BCUT2D eigenvalue weighted by molar-refractivity contribution is -0.169. The molecule has 1 N–H and O–H groups in total. The van der Waals surface area contributed by atoms with Crippen LogP contribution in [0.1, 0.15) is 32.6 Å². The summed E-state index contributed by atoms with van der Waals surface area (Å²) in [6.07, 6.45) is 2.64. The largest absolute Gasteiger partial charge is 0.462 e. The number of esters is 3. The average molecular weight is 408 g/mol. The van der Waals surface area contributed by atoms with Crippen molar-refractivity contribution in [3.63, 3.8) is 0 Å². The fourth-order valence-corrected chi connectivity index (χ4v) is 2.89. The summed E-state index contributed by atoms with van der Waals surface area (Å²) in [4.78, 5) is 60.8. The van der Waals surface area contributed by atoms with E-state index in [9.17, 15) is 24.0 Å². The maximum absolute atomic E-state index is 12.3. The van der Waals surface area contributed by atoms with Crippen LogP contribution in [0.2, 0.25) is 0 Å². The van der Waals surface area contributed by atoms with Gasteiger partial charge in [0.05, 0.1) is 0 Å². The molecule has 0 saturated carbocycles. The lowest BCUT2D eigenvalue weighted by Crippen LogP contribution is -2.49. The van der Waals surface area contributed by atoms with Crippen molar-refractivity contribution in [1.82, 2.24) is 9.55 Å².